The number of hydrogen-bond donors (Lipinski definition) is 0. The third kappa shape index (κ3) is 5.24. The number of piperidine rings is 1. The lowest BCUT2D eigenvalue weighted by Gasteiger charge is -2.41. The van der Waals surface area contributed by atoms with E-state index in [2.05, 4.69) is 9.97 Å². The van der Waals surface area contributed by atoms with Crippen LogP contribution in [0.1, 0.15) is 72.1 Å². The molecule has 2 aromatic rings. The van der Waals surface area contributed by atoms with Gasteiger partial charge in [-0.15, -0.1) is 0 Å². The summed E-state index contributed by atoms with van der Waals surface area (Å²) < 4.78 is 18.3. The zero-order valence-corrected chi connectivity index (χ0v) is 19.9. The Balaban J connectivity index is 1.10. The minimum absolute atomic E-state index is 0.158. The van der Waals surface area contributed by atoms with Gasteiger partial charge in [0.15, 0.2) is 0 Å². The molecule has 3 aliphatic rings. The number of aromatic nitrogens is 2. The second-order valence-electron chi connectivity index (χ2n) is 10.7. The summed E-state index contributed by atoms with van der Waals surface area (Å²) in [5.74, 6) is 0.601. The predicted octanol–water partition coefficient (Wildman–Crippen LogP) is 5.27. The normalized spacial score (nSPS) is 29.8. The van der Waals surface area contributed by atoms with Gasteiger partial charge in [0.1, 0.15) is 11.7 Å². The first-order valence-electron chi connectivity index (χ1n) is 12.4. The van der Waals surface area contributed by atoms with E-state index >= 15 is 0 Å². The van der Waals surface area contributed by atoms with Crippen LogP contribution in [0.5, 0.6) is 5.88 Å². The van der Waals surface area contributed by atoms with Gasteiger partial charge in [-0.25, -0.2) is 14.8 Å². The molecule has 7 heteroatoms. The maximum Gasteiger partial charge on any atom is 0.410 e. The van der Waals surface area contributed by atoms with Gasteiger partial charge < -0.3 is 19.1 Å². The number of benzene rings is 1. The average molecular weight is 454 g/mol. The van der Waals surface area contributed by atoms with Crippen LogP contribution >= 0.6 is 0 Å². The van der Waals surface area contributed by atoms with Crippen molar-refractivity contribution in [1.82, 2.24) is 14.9 Å². The summed E-state index contributed by atoms with van der Waals surface area (Å²) in [7, 11) is 0. The molecule has 1 saturated carbocycles. The molecule has 0 radical (unpaired) electrons. The van der Waals surface area contributed by atoms with E-state index in [9.17, 15) is 4.79 Å². The highest BCUT2D eigenvalue weighted by Gasteiger charge is 2.45. The van der Waals surface area contributed by atoms with Gasteiger partial charge in [0.05, 0.1) is 29.4 Å². The van der Waals surface area contributed by atoms with E-state index in [1.807, 2.05) is 49.9 Å². The van der Waals surface area contributed by atoms with Crippen LogP contribution in [0, 0.1) is 0 Å². The number of fused-ring (bicyclic) bond motifs is 3. The Labute approximate surface area is 195 Å². The highest BCUT2D eigenvalue weighted by molar-refractivity contribution is 5.74. The molecular formula is C26H35N3O4. The Morgan fingerprint density at radius 3 is 2.21 bits per heavy atom. The standard InChI is InChI=1S/C26H35N3O4/c1-26(2,3)33-25(30)29-17-8-9-18(29)15-21(14-17)31-19-10-12-20(13-11-19)32-24-16-27-22-6-4-5-7-23(22)28-24/h4-7,16-21H,8-15H2,1-3H3/t17-,18+,19?,20?,21?. The summed E-state index contributed by atoms with van der Waals surface area (Å²) >= 11 is 0. The Bertz CT molecular complexity index is 969. The molecule has 3 atom stereocenters. The van der Waals surface area contributed by atoms with Crippen LogP contribution in [0.15, 0.2) is 30.5 Å². The average Bonchev–Trinajstić information content (AvgIpc) is 3.05. The van der Waals surface area contributed by atoms with Crippen molar-refractivity contribution in [1.29, 1.82) is 0 Å². The Morgan fingerprint density at radius 2 is 1.55 bits per heavy atom. The van der Waals surface area contributed by atoms with E-state index < -0.39 is 5.60 Å². The van der Waals surface area contributed by atoms with E-state index in [0.29, 0.717) is 5.88 Å². The number of hydrogen-bond acceptors (Lipinski definition) is 6. The fourth-order valence-corrected chi connectivity index (χ4v) is 5.58. The van der Waals surface area contributed by atoms with Gasteiger partial charge in [0, 0.05) is 12.1 Å². The minimum Gasteiger partial charge on any atom is -0.473 e. The zero-order chi connectivity index (χ0) is 23.0. The fourth-order valence-electron chi connectivity index (χ4n) is 5.58. The van der Waals surface area contributed by atoms with Crippen molar-refractivity contribution in [3.63, 3.8) is 0 Å². The number of para-hydroxylation sites is 2. The molecule has 1 amide bonds. The van der Waals surface area contributed by atoms with Gasteiger partial charge >= 0.3 is 6.09 Å². The Hall–Kier alpha value is -2.41. The van der Waals surface area contributed by atoms with Crippen LogP contribution in [0.4, 0.5) is 4.79 Å². The Kier molecular flexibility index (Phi) is 6.16. The zero-order valence-electron chi connectivity index (χ0n) is 19.9. The maximum atomic E-state index is 12.7. The first-order valence-corrected chi connectivity index (χ1v) is 12.4. The quantitative estimate of drug-likeness (QED) is 0.628. The van der Waals surface area contributed by atoms with Gasteiger partial charge in [0.2, 0.25) is 5.88 Å². The molecule has 2 bridgehead atoms. The van der Waals surface area contributed by atoms with Crippen LogP contribution in [0.3, 0.4) is 0 Å². The molecule has 5 rings (SSSR count). The molecule has 33 heavy (non-hydrogen) atoms. The van der Waals surface area contributed by atoms with Crippen molar-refractivity contribution in [3.8, 4) is 5.88 Å². The van der Waals surface area contributed by atoms with Crippen molar-refractivity contribution in [2.45, 2.75) is 108 Å². The van der Waals surface area contributed by atoms with Crippen molar-refractivity contribution in [2.75, 3.05) is 0 Å². The topological polar surface area (TPSA) is 73.8 Å². The highest BCUT2D eigenvalue weighted by Crippen LogP contribution is 2.39. The summed E-state index contributed by atoms with van der Waals surface area (Å²) in [6.45, 7) is 5.78. The number of rotatable bonds is 4. The lowest BCUT2D eigenvalue weighted by atomic mass is 9.93. The number of carbonyl (C=O) groups is 1. The molecule has 7 nitrogen and oxygen atoms in total. The molecule has 178 valence electrons. The molecule has 1 unspecified atom stereocenters. The molecule has 1 aromatic heterocycles. The van der Waals surface area contributed by atoms with E-state index in [4.69, 9.17) is 14.2 Å². The number of amides is 1. The summed E-state index contributed by atoms with van der Waals surface area (Å²) in [6, 6.07) is 8.34. The summed E-state index contributed by atoms with van der Waals surface area (Å²) in [5, 5.41) is 0. The minimum atomic E-state index is -0.455. The first kappa shape index (κ1) is 22.4. The monoisotopic (exact) mass is 453 g/mol. The number of carbonyl (C=O) groups excluding carboxylic acids is 1. The molecule has 2 saturated heterocycles. The molecule has 3 fully saturated rings. The number of nitrogens with zero attached hydrogens (tertiary/aromatic N) is 3. The lowest BCUT2D eigenvalue weighted by Crippen LogP contribution is -2.50. The van der Waals surface area contributed by atoms with E-state index in [1.54, 1.807) is 6.20 Å². The molecule has 0 spiro atoms. The van der Waals surface area contributed by atoms with E-state index in [0.717, 1.165) is 62.4 Å². The smallest absolute Gasteiger partial charge is 0.410 e. The molecule has 2 aliphatic heterocycles. The Morgan fingerprint density at radius 1 is 0.909 bits per heavy atom. The fraction of sp³-hybridized carbons (Fsp3) is 0.654. The summed E-state index contributed by atoms with van der Waals surface area (Å²) in [6.07, 6.45) is 10.1. The largest absolute Gasteiger partial charge is 0.473 e. The molecular weight excluding hydrogens is 418 g/mol. The van der Waals surface area contributed by atoms with Crippen molar-refractivity contribution >= 4 is 17.1 Å². The third-order valence-electron chi connectivity index (χ3n) is 7.01. The molecule has 0 N–H and O–H groups in total. The van der Waals surface area contributed by atoms with Crippen LogP contribution in [0.25, 0.3) is 11.0 Å². The van der Waals surface area contributed by atoms with Gasteiger partial charge in [-0.1, -0.05) is 12.1 Å². The molecule has 1 aliphatic carbocycles. The SMILES string of the molecule is CC(C)(C)OC(=O)N1[C@@H]2CC[C@H]1CC(OC1CCC(Oc3cnc4ccccc4n3)CC1)C2. The van der Waals surface area contributed by atoms with E-state index in [1.165, 1.54) is 0 Å². The van der Waals surface area contributed by atoms with Crippen molar-refractivity contribution in [2.24, 2.45) is 0 Å². The third-order valence-corrected chi connectivity index (χ3v) is 7.01. The highest BCUT2D eigenvalue weighted by atomic mass is 16.6. The second kappa shape index (κ2) is 9.09. The molecule has 1 aromatic carbocycles. The van der Waals surface area contributed by atoms with Crippen LogP contribution < -0.4 is 4.74 Å². The second-order valence-corrected chi connectivity index (χ2v) is 10.7. The van der Waals surface area contributed by atoms with E-state index in [-0.39, 0.29) is 36.5 Å². The summed E-state index contributed by atoms with van der Waals surface area (Å²) in [5.41, 5.74) is 1.29. The van der Waals surface area contributed by atoms with Crippen LogP contribution in [0.2, 0.25) is 0 Å². The van der Waals surface area contributed by atoms with Gasteiger partial charge in [0.25, 0.3) is 0 Å². The lowest BCUT2D eigenvalue weighted by molar-refractivity contribution is -0.0814. The maximum absolute atomic E-state index is 12.7. The first-order chi connectivity index (χ1) is 15.8. The van der Waals surface area contributed by atoms with Crippen molar-refractivity contribution in [3.05, 3.63) is 30.5 Å². The molecule has 3 heterocycles. The van der Waals surface area contributed by atoms with Crippen LogP contribution in [-0.4, -0.2) is 57.0 Å². The van der Waals surface area contributed by atoms with Gasteiger partial charge in [-0.2, -0.15) is 0 Å². The van der Waals surface area contributed by atoms with Gasteiger partial charge in [-0.3, -0.25) is 0 Å². The van der Waals surface area contributed by atoms with Crippen LogP contribution in [-0.2, 0) is 9.47 Å². The number of ether oxygens (including phenoxy) is 3. The predicted molar refractivity (Wildman–Crippen MR) is 125 cm³/mol. The van der Waals surface area contributed by atoms with Gasteiger partial charge in [-0.05, 0) is 84.3 Å². The van der Waals surface area contributed by atoms with Crippen molar-refractivity contribution < 1.29 is 19.0 Å². The summed E-state index contributed by atoms with van der Waals surface area (Å²) in [4.78, 5) is 23.7.